The quantitative estimate of drug-likeness (QED) is 0.592. The fourth-order valence-electron chi connectivity index (χ4n) is 1.23. The maximum atomic E-state index is 5.95. The van der Waals surface area contributed by atoms with E-state index >= 15 is 0 Å². The molecular weight excluding hydrogens is 140 g/mol. The molecule has 1 saturated carbocycles. The minimum atomic E-state index is -0.154. The lowest BCUT2D eigenvalue weighted by Gasteiger charge is -2.06. The van der Waals surface area contributed by atoms with Gasteiger partial charge in [0, 0.05) is 18.2 Å². The number of hydrogen-bond acceptors (Lipinski definition) is 3. The maximum absolute atomic E-state index is 5.95. The number of anilines is 1. The standard InChI is InChI=1S/C7H12N4/c1-11-6(8)5(4-10-11)7(9)2-3-7/h4H,2-3,8-9H2,1H3. The van der Waals surface area contributed by atoms with Gasteiger partial charge in [0.1, 0.15) is 5.82 Å². The molecule has 1 aliphatic rings. The third kappa shape index (κ3) is 0.826. The molecule has 4 N–H and O–H groups in total. The van der Waals surface area contributed by atoms with Gasteiger partial charge in [0.25, 0.3) is 0 Å². The highest BCUT2D eigenvalue weighted by Gasteiger charge is 2.42. The zero-order chi connectivity index (χ0) is 8.06. The summed E-state index contributed by atoms with van der Waals surface area (Å²) >= 11 is 0. The van der Waals surface area contributed by atoms with Crippen molar-refractivity contribution in [3.8, 4) is 0 Å². The van der Waals surface area contributed by atoms with Gasteiger partial charge in [0.15, 0.2) is 0 Å². The topological polar surface area (TPSA) is 69.9 Å². The van der Waals surface area contributed by atoms with Crippen molar-refractivity contribution < 1.29 is 0 Å². The van der Waals surface area contributed by atoms with Crippen molar-refractivity contribution in [2.75, 3.05) is 5.73 Å². The van der Waals surface area contributed by atoms with E-state index in [-0.39, 0.29) is 5.54 Å². The largest absolute Gasteiger partial charge is 0.384 e. The average Bonchev–Trinajstić information content (AvgIpc) is 2.60. The summed E-state index contributed by atoms with van der Waals surface area (Å²) < 4.78 is 1.66. The average molecular weight is 152 g/mol. The highest BCUT2D eigenvalue weighted by atomic mass is 15.3. The van der Waals surface area contributed by atoms with E-state index in [1.807, 2.05) is 7.05 Å². The zero-order valence-corrected chi connectivity index (χ0v) is 6.54. The summed E-state index contributed by atoms with van der Waals surface area (Å²) in [5.74, 6) is 0.699. The van der Waals surface area contributed by atoms with Crippen LogP contribution in [-0.2, 0) is 12.6 Å². The molecule has 0 aromatic carbocycles. The first-order chi connectivity index (χ1) is 5.13. The van der Waals surface area contributed by atoms with E-state index < -0.39 is 0 Å². The molecule has 0 unspecified atom stereocenters. The van der Waals surface area contributed by atoms with Crippen molar-refractivity contribution in [1.29, 1.82) is 0 Å². The smallest absolute Gasteiger partial charge is 0.126 e. The van der Waals surface area contributed by atoms with Crippen LogP contribution in [0.5, 0.6) is 0 Å². The van der Waals surface area contributed by atoms with Crippen LogP contribution in [0.4, 0.5) is 5.82 Å². The summed E-state index contributed by atoms with van der Waals surface area (Å²) in [5, 5.41) is 4.03. The van der Waals surface area contributed by atoms with Crippen LogP contribution in [-0.4, -0.2) is 9.78 Å². The summed E-state index contributed by atoms with van der Waals surface area (Å²) in [4.78, 5) is 0. The molecule has 4 nitrogen and oxygen atoms in total. The van der Waals surface area contributed by atoms with Gasteiger partial charge < -0.3 is 11.5 Å². The van der Waals surface area contributed by atoms with E-state index in [1.54, 1.807) is 10.9 Å². The lowest BCUT2D eigenvalue weighted by atomic mass is 10.1. The SMILES string of the molecule is Cn1ncc(C2(N)CC2)c1N. The molecule has 1 heterocycles. The molecule has 0 atom stereocenters. The number of nitrogens with zero attached hydrogens (tertiary/aromatic N) is 2. The summed E-state index contributed by atoms with van der Waals surface area (Å²) in [5.41, 5.74) is 12.5. The number of rotatable bonds is 1. The second-order valence-corrected chi connectivity index (χ2v) is 3.22. The van der Waals surface area contributed by atoms with E-state index in [2.05, 4.69) is 5.10 Å². The minimum Gasteiger partial charge on any atom is -0.384 e. The Morgan fingerprint density at radius 2 is 2.27 bits per heavy atom. The number of aromatic nitrogens is 2. The van der Waals surface area contributed by atoms with Crippen LogP contribution in [0.25, 0.3) is 0 Å². The Morgan fingerprint density at radius 1 is 1.64 bits per heavy atom. The minimum absolute atomic E-state index is 0.154. The van der Waals surface area contributed by atoms with Gasteiger partial charge in [-0.15, -0.1) is 0 Å². The predicted octanol–water partition coefficient (Wildman–Crippen LogP) is -0.0499. The molecule has 4 heteroatoms. The van der Waals surface area contributed by atoms with Gasteiger partial charge >= 0.3 is 0 Å². The van der Waals surface area contributed by atoms with Crippen LogP contribution < -0.4 is 11.5 Å². The monoisotopic (exact) mass is 152 g/mol. The lowest BCUT2D eigenvalue weighted by molar-refractivity contribution is 0.739. The highest BCUT2D eigenvalue weighted by Crippen LogP contribution is 2.44. The fourth-order valence-corrected chi connectivity index (χ4v) is 1.23. The zero-order valence-electron chi connectivity index (χ0n) is 6.54. The highest BCUT2D eigenvalue weighted by molar-refractivity contribution is 5.46. The molecule has 1 aliphatic carbocycles. The fraction of sp³-hybridized carbons (Fsp3) is 0.571. The van der Waals surface area contributed by atoms with Gasteiger partial charge in [-0.05, 0) is 12.8 Å². The lowest BCUT2D eigenvalue weighted by Crippen LogP contribution is -2.19. The van der Waals surface area contributed by atoms with Gasteiger partial charge in [-0.2, -0.15) is 5.10 Å². The van der Waals surface area contributed by atoms with E-state index in [1.165, 1.54) is 0 Å². The first-order valence-corrected chi connectivity index (χ1v) is 3.70. The van der Waals surface area contributed by atoms with Crippen molar-refractivity contribution in [1.82, 2.24) is 9.78 Å². The van der Waals surface area contributed by atoms with Gasteiger partial charge in [-0.1, -0.05) is 0 Å². The summed E-state index contributed by atoms with van der Waals surface area (Å²) in [6.07, 6.45) is 3.83. The predicted molar refractivity (Wildman–Crippen MR) is 42.7 cm³/mol. The Labute approximate surface area is 65.2 Å². The summed E-state index contributed by atoms with van der Waals surface area (Å²) in [6, 6.07) is 0. The summed E-state index contributed by atoms with van der Waals surface area (Å²) in [7, 11) is 1.82. The van der Waals surface area contributed by atoms with Gasteiger partial charge in [-0.25, -0.2) is 0 Å². The molecule has 60 valence electrons. The Kier molecular flexibility index (Phi) is 1.07. The number of hydrogen-bond donors (Lipinski definition) is 2. The van der Waals surface area contributed by atoms with Crippen LogP contribution in [0.1, 0.15) is 18.4 Å². The molecule has 0 bridgehead atoms. The Balaban J connectivity index is 2.45. The molecule has 0 saturated heterocycles. The second-order valence-electron chi connectivity index (χ2n) is 3.22. The molecule has 0 radical (unpaired) electrons. The second kappa shape index (κ2) is 1.76. The number of aryl methyl sites for hydroxylation is 1. The van der Waals surface area contributed by atoms with E-state index in [4.69, 9.17) is 11.5 Å². The Hall–Kier alpha value is -1.03. The molecular formula is C7H12N4. The van der Waals surface area contributed by atoms with E-state index in [9.17, 15) is 0 Å². The third-order valence-electron chi connectivity index (χ3n) is 2.31. The van der Waals surface area contributed by atoms with Crippen LogP contribution >= 0.6 is 0 Å². The molecule has 0 aliphatic heterocycles. The van der Waals surface area contributed by atoms with Crippen molar-refractivity contribution in [2.45, 2.75) is 18.4 Å². The molecule has 0 amide bonds. The molecule has 1 aromatic rings. The number of nitrogens with two attached hydrogens (primary N) is 2. The van der Waals surface area contributed by atoms with Gasteiger partial charge in [0.05, 0.1) is 6.20 Å². The third-order valence-corrected chi connectivity index (χ3v) is 2.31. The molecule has 1 aromatic heterocycles. The molecule has 1 fully saturated rings. The summed E-state index contributed by atoms with van der Waals surface area (Å²) in [6.45, 7) is 0. The van der Waals surface area contributed by atoms with Crippen LogP contribution in [0.3, 0.4) is 0 Å². The number of nitrogen functional groups attached to an aromatic ring is 1. The normalized spacial score (nSPS) is 20.2. The molecule has 0 spiro atoms. The first-order valence-electron chi connectivity index (χ1n) is 3.70. The molecule has 2 rings (SSSR count). The van der Waals surface area contributed by atoms with Crippen LogP contribution in [0, 0.1) is 0 Å². The molecule has 11 heavy (non-hydrogen) atoms. The Morgan fingerprint density at radius 3 is 2.64 bits per heavy atom. The van der Waals surface area contributed by atoms with Crippen molar-refractivity contribution >= 4 is 5.82 Å². The Bertz CT molecular complexity index is 285. The van der Waals surface area contributed by atoms with Crippen molar-refractivity contribution in [2.24, 2.45) is 12.8 Å². The van der Waals surface area contributed by atoms with Crippen LogP contribution in [0.15, 0.2) is 6.20 Å². The van der Waals surface area contributed by atoms with Gasteiger partial charge in [-0.3, -0.25) is 4.68 Å². The van der Waals surface area contributed by atoms with Crippen LogP contribution in [0.2, 0.25) is 0 Å². The first kappa shape index (κ1) is 6.67. The van der Waals surface area contributed by atoms with Crippen molar-refractivity contribution in [3.63, 3.8) is 0 Å². The maximum Gasteiger partial charge on any atom is 0.126 e. The van der Waals surface area contributed by atoms with Gasteiger partial charge in [0.2, 0.25) is 0 Å². The van der Waals surface area contributed by atoms with E-state index in [0.717, 1.165) is 18.4 Å². The van der Waals surface area contributed by atoms with E-state index in [0.29, 0.717) is 5.82 Å². The van der Waals surface area contributed by atoms with Crippen molar-refractivity contribution in [3.05, 3.63) is 11.8 Å².